The molecule has 0 atom stereocenters. The largest absolute Gasteiger partial charge is 0.504 e. The molecule has 0 aliphatic heterocycles. The van der Waals surface area contributed by atoms with Crippen LogP contribution in [0.15, 0.2) is 30.9 Å². The lowest BCUT2D eigenvalue weighted by Crippen LogP contribution is -2.28. The molecule has 0 aliphatic carbocycles. The van der Waals surface area contributed by atoms with Gasteiger partial charge in [-0.2, -0.15) is 0 Å². The fraction of sp³-hybridized carbons (Fsp3) is 0.250. The number of phenols is 1. The molecule has 1 aromatic carbocycles. The van der Waals surface area contributed by atoms with Crippen molar-refractivity contribution in [2.45, 2.75) is 6.42 Å². The fourth-order valence-corrected chi connectivity index (χ4v) is 1.32. The molecule has 0 unspecified atom stereocenters. The van der Waals surface area contributed by atoms with E-state index in [-0.39, 0.29) is 18.7 Å². The summed E-state index contributed by atoms with van der Waals surface area (Å²) in [6.07, 6.45) is 1.45. The number of methoxy groups -OCH3 is 1. The third-order valence-corrected chi connectivity index (χ3v) is 2.19. The number of hydrogen-bond acceptors (Lipinski definition) is 4. The van der Waals surface area contributed by atoms with Gasteiger partial charge in [0.15, 0.2) is 11.5 Å². The zero-order valence-corrected chi connectivity index (χ0v) is 9.59. The molecule has 92 valence electrons. The van der Waals surface area contributed by atoms with E-state index in [1.54, 1.807) is 12.1 Å². The summed E-state index contributed by atoms with van der Waals surface area (Å²) in [7, 11) is 1.43. The van der Waals surface area contributed by atoms with Crippen molar-refractivity contribution in [3.05, 3.63) is 36.4 Å². The Bertz CT molecular complexity index is 417. The minimum absolute atomic E-state index is 0.00986. The van der Waals surface area contributed by atoms with E-state index in [2.05, 4.69) is 6.58 Å². The van der Waals surface area contributed by atoms with Crippen LogP contribution in [0.4, 0.5) is 0 Å². The quantitative estimate of drug-likeness (QED) is 0.460. The summed E-state index contributed by atoms with van der Waals surface area (Å²) >= 11 is 0. The number of benzene rings is 1. The standard InChI is InChI=1S/C12H15NO4/c1-3-6-13(16)12(15)8-9-4-5-10(14)11(7-9)17-2/h3-5,7,14,16H,1,6,8H2,2H3. The molecule has 5 heteroatoms. The van der Waals surface area contributed by atoms with Crippen LogP contribution in [-0.4, -0.2) is 34.9 Å². The second-order valence-electron chi connectivity index (χ2n) is 3.45. The van der Waals surface area contributed by atoms with Gasteiger partial charge in [0, 0.05) is 0 Å². The van der Waals surface area contributed by atoms with Gasteiger partial charge in [-0.15, -0.1) is 6.58 Å². The number of aromatic hydroxyl groups is 1. The number of ether oxygens (including phenoxy) is 1. The maximum atomic E-state index is 11.5. The highest BCUT2D eigenvalue weighted by atomic mass is 16.5. The van der Waals surface area contributed by atoms with Crippen LogP contribution in [0.3, 0.4) is 0 Å². The molecule has 0 aliphatic rings. The highest BCUT2D eigenvalue weighted by Gasteiger charge is 2.11. The van der Waals surface area contributed by atoms with Gasteiger partial charge in [0.05, 0.1) is 20.1 Å². The number of hydroxylamine groups is 2. The Kier molecular flexibility index (Phi) is 4.54. The number of amides is 1. The Hall–Kier alpha value is -2.01. The third-order valence-electron chi connectivity index (χ3n) is 2.19. The topological polar surface area (TPSA) is 70.0 Å². The van der Waals surface area contributed by atoms with Crippen LogP contribution in [0, 0.1) is 0 Å². The summed E-state index contributed by atoms with van der Waals surface area (Å²) in [5.41, 5.74) is 0.646. The van der Waals surface area contributed by atoms with Gasteiger partial charge in [0.2, 0.25) is 0 Å². The Labute approximate surface area is 99.5 Å². The number of rotatable bonds is 5. The fourth-order valence-electron chi connectivity index (χ4n) is 1.32. The minimum Gasteiger partial charge on any atom is -0.504 e. The normalized spacial score (nSPS) is 9.76. The van der Waals surface area contributed by atoms with Crippen LogP contribution < -0.4 is 4.74 Å². The SMILES string of the molecule is C=CCN(O)C(=O)Cc1ccc(O)c(OC)c1. The van der Waals surface area contributed by atoms with Crippen LogP contribution in [0.25, 0.3) is 0 Å². The van der Waals surface area contributed by atoms with Gasteiger partial charge >= 0.3 is 0 Å². The van der Waals surface area contributed by atoms with Crippen LogP contribution in [-0.2, 0) is 11.2 Å². The van der Waals surface area contributed by atoms with Gasteiger partial charge in [-0.05, 0) is 17.7 Å². The Morgan fingerprint density at radius 3 is 2.88 bits per heavy atom. The molecule has 0 fully saturated rings. The van der Waals surface area contributed by atoms with Gasteiger partial charge in [-0.25, -0.2) is 5.06 Å². The summed E-state index contributed by atoms with van der Waals surface area (Å²) in [6.45, 7) is 3.50. The third kappa shape index (κ3) is 3.49. The van der Waals surface area contributed by atoms with Crippen molar-refractivity contribution in [2.24, 2.45) is 0 Å². The molecule has 0 spiro atoms. The van der Waals surface area contributed by atoms with E-state index in [0.29, 0.717) is 16.4 Å². The highest BCUT2D eigenvalue weighted by Crippen LogP contribution is 2.26. The molecule has 0 heterocycles. The number of hydrogen-bond donors (Lipinski definition) is 2. The lowest BCUT2D eigenvalue weighted by Gasteiger charge is -2.13. The smallest absolute Gasteiger partial charge is 0.250 e. The monoisotopic (exact) mass is 237 g/mol. The molecule has 17 heavy (non-hydrogen) atoms. The molecular weight excluding hydrogens is 222 g/mol. The van der Waals surface area contributed by atoms with Gasteiger partial charge in [-0.3, -0.25) is 10.0 Å². The molecule has 5 nitrogen and oxygen atoms in total. The first-order valence-corrected chi connectivity index (χ1v) is 5.04. The van der Waals surface area contributed by atoms with E-state index in [1.165, 1.54) is 19.3 Å². The summed E-state index contributed by atoms with van der Waals surface area (Å²) in [5.74, 6) is -0.142. The lowest BCUT2D eigenvalue weighted by molar-refractivity contribution is -0.162. The van der Waals surface area contributed by atoms with Crippen LogP contribution >= 0.6 is 0 Å². The second kappa shape index (κ2) is 5.91. The van der Waals surface area contributed by atoms with Crippen molar-refractivity contribution in [1.29, 1.82) is 0 Å². The van der Waals surface area contributed by atoms with Crippen molar-refractivity contribution in [3.8, 4) is 11.5 Å². The zero-order chi connectivity index (χ0) is 12.8. The van der Waals surface area contributed by atoms with Crippen molar-refractivity contribution in [1.82, 2.24) is 5.06 Å². The van der Waals surface area contributed by atoms with E-state index >= 15 is 0 Å². The minimum atomic E-state index is -0.447. The zero-order valence-electron chi connectivity index (χ0n) is 9.59. The second-order valence-corrected chi connectivity index (χ2v) is 3.45. The molecule has 0 radical (unpaired) electrons. The van der Waals surface area contributed by atoms with E-state index in [0.717, 1.165) is 0 Å². The highest BCUT2D eigenvalue weighted by molar-refractivity contribution is 5.78. The van der Waals surface area contributed by atoms with E-state index in [9.17, 15) is 15.1 Å². The average Bonchev–Trinajstić information content (AvgIpc) is 2.31. The molecular formula is C12H15NO4. The Balaban J connectivity index is 2.74. The number of carbonyl (C=O) groups is 1. The number of nitrogens with zero attached hydrogens (tertiary/aromatic N) is 1. The van der Waals surface area contributed by atoms with Crippen LogP contribution in [0.1, 0.15) is 5.56 Å². The van der Waals surface area contributed by atoms with Crippen LogP contribution in [0.2, 0.25) is 0 Å². The average molecular weight is 237 g/mol. The first-order valence-electron chi connectivity index (χ1n) is 5.04. The maximum absolute atomic E-state index is 11.5. The lowest BCUT2D eigenvalue weighted by atomic mass is 10.1. The summed E-state index contributed by atoms with van der Waals surface area (Å²) in [4.78, 5) is 11.5. The maximum Gasteiger partial charge on any atom is 0.250 e. The first kappa shape index (κ1) is 13.1. The van der Waals surface area contributed by atoms with Crippen molar-refractivity contribution >= 4 is 5.91 Å². The molecule has 0 saturated heterocycles. The van der Waals surface area contributed by atoms with E-state index in [4.69, 9.17) is 4.74 Å². The molecule has 1 rings (SSSR count). The predicted octanol–water partition coefficient (Wildman–Crippen LogP) is 1.35. The van der Waals surface area contributed by atoms with Crippen LogP contribution in [0.5, 0.6) is 11.5 Å². The Morgan fingerprint density at radius 1 is 1.59 bits per heavy atom. The molecule has 0 aromatic heterocycles. The first-order chi connectivity index (χ1) is 8.08. The molecule has 1 aromatic rings. The van der Waals surface area contributed by atoms with Crippen molar-refractivity contribution < 1.29 is 19.8 Å². The summed E-state index contributed by atoms with van der Waals surface area (Å²) in [6, 6.07) is 4.59. The summed E-state index contributed by atoms with van der Waals surface area (Å²) < 4.78 is 4.92. The predicted molar refractivity (Wildman–Crippen MR) is 62.1 cm³/mol. The van der Waals surface area contributed by atoms with E-state index < -0.39 is 5.91 Å². The van der Waals surface area contributed by atoms with E-state index in [1.807, 2.05) is 0 Å². The number of phenolic OH excluding ortho intramolecular Hbond substituents is 1. The molecule has 0 saturated carbocycles. The molecule has 2 N–H and O–H groups in total. The Morgan fingerprint density at radius 2 is 2.29 bits per heavy atom. The number of carbonyl (C=O) groups excluding carboxylic acids is 1. The van der Waals surface area contributed by atoms with Gasteiger partial charge in [0.25, 0.3) is 5.91 Å². The summed E-state index contributed by atoms with van der Waals surface area (Å²) in [5, 5.41) is 19.3. The molecule has 0 bridgehead atoms. The van der Waals surface area contributed by atoms with Gasteiger partial charge in [0.1, 0.15) is 0 Å². The van der Waals surface area contributed by atoms with Gasteiger partial charge < -0.3 is 9.84 Å². The molecule has 1 amide bonds. The van der Waals surface area contributed by atoms with Gasteiger partial charge in [-0.1, -0.05) is 12.1 Å². The van der Waals surface area contributed by atoms with Crippen molar-refractivity contribution in [2.75, 3.05) is 13.7 Å². The van der Waals surface area contributed by atoms with Crippen molar-refractivity contribution in [3.63, 3.8) is 0 Å².